The van der Waals surface area contributed by atoms with Gasteiger partial charge < -0.3 is 14.6 Å². The third-order valence-corrected chi connectivity index (χ3v) is 1.67. The molecule has 0 aromatic carbocycles. The molecule has 0 bridgehead atoms. The van der Waals surface area contributed by atoms with Crippen LogP contribution >= 0.6 is 0 Å². The molecule has 1 heterocycles. The predicted octanol–water partition coefficient (Wildman–Crippen LogP) is 0.114. The smallest absolute Gasteiger partial charge is 0.148 e. The van der Waals surface area contributed by atoms with Crippen molar-refractivity contribution in [2.75, 3.05) is 0 Å². The average molecular weight is 144 g/mol. The van der Waals surface area contributed by atoms with Crippen molar-refractivity contribution in [3.05, 3.63) is 0 Å². The quantitative estimate of drug-likeness (QED) is 0.531. The first-order valence-electron chi connectivity index (χ1n) is 3.51. The number of ether oxygens (including phenoxy) is 1. The van der Waals surface area contributed by atoms with Gasteiger partial charge >= 0.3 is 0 Å². The molecule has 0 spiro atoms. The van der Waals surface area contributed by atoms with Crippen LogP contribution in [0, 0.1) is 0 Å². The highest BCUT2D eigenvalue weighted by Crippen LogP contribution is 2.17. The second-order valence-electron chi connectivity index (χ2n) is 2.75. The second-order valence-corrected chi connectivity index (χ2v) is 2.75. The van der Waals surface area contributed by atoms with Crippen LogP contribution in [-0.2, 0) is 9.53 Å². The van der Waals surface area contributed by atoms with E-state index in [4.69, 9.17) is 9.84 Å². The maximum Gasteiger partial charge on any atom is 0.148 e. The minimum Gasteiger partial charge on any atom is -0.393 e. The number of aliphatic hydroxyl groups is 1. The standard InChI is InChI=1S/C7H12O3/c1-5-2-6(9)3-7(4-8)10-5/h4-7,9H,2-3H2,1H3/t5?,6-,7+/m1/s1. The Bertz CT molecular complexity index is 114. The number of aliphatic hydroxyl groups excluding tert-OH is 1. The Morgan fingerprint density at radius 3 is 2.80 bits per heavy atom. The molecular formula is C7H12O3. The lowest BCUT2D eigenvalue weighted by atomic mass is 10.0. The third kappa shape index (κ3) is 1.78. The summed E-state index contributed by atoms with van der Waals surface area (Å²) in [4.78, 5) is 10.2. The fourth-order valence-electron chi connectivity index (χ4n) is 1.24. The van der Waals surface area contributed by atoms with Gasteiger partial charge in [0.25, 0.3) is 0 Å². The van der Waals surface area contributed by atoms with E-state index in [-0.39, 0.29) is 12.2 Å². The number of carbonyl (C=O) groups excluding carboxylic acids is 1. The summed E-state index contributed by atoms with van der Waals surface area (Å²) in [5.41, 5.74) is 0. The van der Waals surface area contributed by atoms with Gasteiger partial charge in [0.1, 0.15) is 12.4 Å². The summed E-state index contributed by atoms with van der Waals surface area (Å²) in [6, 6.07) is 0. The maximum absolute atomic E-state index is 10.2. The zero-order chi connectivity index (χ0) is 7.56. The summed E-state index contributed by atoms with van der Waals surface area (Å²) in [5.74, 6) is 0. The van der Waals surface area contributed by atoms with Crippen molar-refractivity contribution in [1.29, 1.82) is 0 Å². The Morgan fingerprint density at radius 2 is 2.30 bits per heavy atom. The zero-order valence-corrected chi connectivity index (χ0v) is 5.99. The number of rotatable bonds is 1. The second kappa shape index (κ2) is 3.12. The molecule has 0 saturated carbocycles. The number of carbonyl (C=O) groups is 1. The molecule has 1 N–H and O–H groups in total. The van der Waals surface area contributed by atoms with Gasteiger partial charge in [-0.25, -0.2) is 0 Å². The molecule has 1 unspecified atom stereocenters. The molecule has 1 aliphatic rings. The van der Waals surface area contributed by atoms with E-state index in [0.29, 0.717) is 12.8 Å². The Kier molecular flexibility index (Phi) is 2.40. The first-order valence-corrected chi connectivity index (χ1v) is 3.51. The van der Waals surface area contributed by atoms with Crippen molar-refractivity contribution in [3.63, 3.8) is 0 Å². The Hall–Kier alpha value is -0.410. The zero-order valence-electron chi connectivity index (χ0n) is 5.99. The summed E-state index contributed by atoms with van der Waals surface area (Å²) in [6.45, 7) is 1.86. The molecule has 10 heavy (non-hydrogen) atoms. The molecular weight excluding hydrogens is 132 g/mol. The summed E-state index contributed by atoms with van der Waals surface area (Å²) < 4.78 is 5.18. The van der Waals surface area contributed by atoms with Gasteiger partial charge in [0.2, 0.25) is 0 Å². The highest BCUT2D eigenvalue weighted by molar-refractivity contribution is 5.56. The van der Waals surface area contributed by atoms with Crippen LogP contribution in [0.5, 0.6) is 0 Å². The SMILES string of the molecule is CC1C[C@@H](O)C[C@@H](C=O)O1. The fraction of sp³-hybridized carbons (Fsp3) is 0.857. The Balaban J connectivity index is 2.42. The molecule has 0 amide bonds. The van der Waals surface area contributed by atoms with Crippen molar-refractivity contribution in [2.45, 2.75) is 38.1 Å². The molecule has 3 nitrogen and oxygen atoms in total. The van der Waals surface area contributed by atoms with E-state index in [1.807, 2.05) is 6.92 Å². The first kappa shape index (κ1) is 7.69. The van der Waals surface area contributed by atoms with E-state index in [1.54, 1.807) is 0 Å². The van der Waals surface area contributed by atoms with Gasteiger partial charge in [0, 0.05) is 6.42 Å². The van der Waals surface area contributed by atoms with Crippen LogP contribution in [0.3, 0.4) is 0 Å². The molecule has 1 rings (SSSR count). The van der Waals surface area contributed by atoms with Crippen LogP contribution in [0.15, 0.2) is 0 Å². The molecule has 0 radical (unpaired) electrons. The van der Waals surface area contributed by atoms with Gasteiger partial charge in [-0.05, 0) is 13.3 Å². The third-order valence-electron chi connectivity index (χ3n) is 1.67. The van der Waals surface area contributed by atoms with Gasteiger partial charge in [-0.3, -0.25) is 0 Å². The predicted molar refractivity (Wildman–Crippen MR) is 35.6 cm³/mol. The van der Waals surface area contributed by atoms with Crippen LogP contribution < -0.4 is 0 Å². The van der Waals surface area contributed by atoms with E-state index < -0.39 is 6.10 Å². The first-order chi connectivity index (χ1) is 4.72. The monoisotopic (exact) mass is 144 g/mol. The van der Waals surface area contributed by atoms with Crippen molar-refractivity contribution in [1.82, 2.24) is 0 Å². The van der Waals surface area contributed by atoms with Crippen molar-refractivity contribution in [3.8, 4) is 0 Å². The van der Waals surface area contributed by atoms with Crippen molar-refractivity contribution < 1.29 is 14.6 Å². The van der Waals surface area contributed by atoms with E-state index in [1.165, 1.54) is 0 Å². The highest BCUT2D eigenvalue weighted by Gasteiger charge is 2.24. The molecule has 0 aromatic rings. The van der Waals surface area contributed by atoms with Crippen LogP contribution in [0.1, 0.15) is 19.8 Å². The number of aldehydes is 1. The highest BCUT2D eigenvalue weighted by atomic mass is 16.5. The van der Waals surface area contributed by atoms with Crippen molar-refractivity contribution >= 4 is 6.29 Å². The summed E-state index contributed by atoms with van der Waals surface area (Å²) >= 11 is 0. The minimum absolute atomic E-state index is 0.0129. The molecule has 0 aromatic heterocycles. The van der Waals surface area contributed by atoms with E-state index in [2.05, 4.69) is 0 Å². The fourth-order valence-corrected chi connectivity index (χ4v) is 1.24. The van der Waals surface area contributed by atoms with E-state index in [0.717, 1.165) is 6.29 Å². The molecule has 58 valence electrons. The van der Waals surface area contributed by atoms with Gasteiger partial charge in [-0.1, -0.05) is 0 Å². The Morgan fingerprint density at radius 1 is 1.60 bits per heavy atom. The van der Waals surface area contributed by atoms with Crippen LogP contribution in [0.4, 0.5) is 0 Å². The minimum atomic E-state index is -0.390. The van der Waals surface area contributed by atoms with Gasteiger partial charge in [0.15, 0.2) is 0 Å². The number of hydrogen-bond acceptors (Lipinski definition) is 3. The summed E-state index contributed by atoms with van der Waals surface area (Å²) in [7, 11) is 0. The van der Waals surface area contributed by atoms with E-state index in [9.17, 15) is 4.79 Å². The van der Waals surface area contributed by atoms with Gasteiger partial charge in [0.05, 0.1) is 12.2 Å². The van der Waals surface area contributed by atoms with Crippen LogP contribution in [-0.4, -0.2) is 29.7 Å². The van der Waals surface area contributed by atoms with Gasteiger partial charge in [-0.15, -0.1) is 0 Å². The van der Waals surface area contributed by atoms with Crippen molar-refractivity contribution in [2.24, 2.45) is 0 Å². The topological polar surface area (TPSA) is 46.5 Å². The molecule has 1 fully saturated rings. The molecule has 0 aliphatic carbocycles. The van der Waals surface area contributed by atoms with Crippen LogP contribution in [0.25, 0.3) is 0 Å². The largest absolute Gasteiger partial charge is 0.393 e. The average Bonchev–Trinajstić information content (AvgIpc) is 1.85. The molecule has 1 aliphatic heterocycles. The number of hydrogen-bond donors (Lipinski definition) is 1. The van der Waals surface area contributed by atoms with Crippen LogP contribution in [0.2, 0.25) is 0 Å². The normalized spacial score (nSPS) is 41.2. The maximum atomic E-state index is 10.2. The van der Waals surface area contributed by atoms with Gasteiger partial charge in [-0.2, -0.15) is 0 Å². The van der Waals surface area contributed by atoms with E-state index >= 15 is 0 Å². The lowest BCUT2D eigenvalue weighted by Crippen LogP contribution is -2.34. The lowest BCUT2D eigenvalue weighted by molar-refractivity contribution is -0.133. The molecule has 3 atom stereocenters. The molecule has 1 saturated heterocycles. The Labute approximate surface area is 60.0 Å². The molecule has 3 heteroatoms. The summed E-state index contributed by atoms with van der Waals surface area (Å²) in [6.07, 6.45) is 1.11. The lowest BCUT2D eigenvalue weighted by Gasteiger charge is -2.27. The summed E-state index contributed by atoms with van der Waals surface area (Å²) in [5, 5.41) is 9.14.